The van der Waals surface area contributed by atoms with Gasteiger partial charge in [0.2, 0.25) is 5.95 Å². The summed E-state index contributed by atoms with van der Waals surface area (Å²) >= 11 is 0. The highest BCUT2D eigenvalue weighted by Crippen LogP contribution is 2.25. The van der Waals surface area contributed by atoms with Gasteiger partial charge in [0.1, 0.15) is 5.82 Å². The number of piperidine rings is 1. The lowest BCUT2D eigenvalue weighted by atomic mass is 10.0. The second kappa shape index (κ2) is 12.0. The molecule has 7 nitrogen and oxygen atoms in total. The first-order valence-electron chi connectivity index (χ1n) is 12.7. The molecule has 3 aromatic rings. The van der Waals surface area contributed by atoms with Crippen LogP contribution in [0, 0.1) is 0 Å². The zero-order valence-electron chi connectivity index (χ0n) is 20.6. The molecule has 1 aromatic heterocycles. The van der Waals surface area contributed by atoms with E-state index in [1.807, 2.05) is 18.2 Å². The smallest absolute Gasteiger partial charge is 0.225 e. The topological polar surface area (TPSA) is 82.3 Å². The largest absolute Gasteiger partial charge is 0.398 e. The number of para-hydroxylation sites is 2. The molecular weight excluding hydrogens is 422 g/mol. The standard InChI is InChI=1S/C27H39N7/c1-3-33(4-2)17-9-16-29-27-31-25-13-8-6-11-23(25)26(32-27)30-22-14-18-34(19-15-22)20-21-10-5-7-12-24(21)28/h5-8,10-13,22H,3-4,9,14-20,28H2,1-2H3,(H2,29,30,31,32). The summed E-state index contributed by atoms with van der Waals surface area (Å²) in [7, 11) is 0. The molecule has 0 aliphatic carbocycles. The van der Waals surface area contributed by atoms with Gasteiger partial charge >= 0.3 is 0 Å². The molecule has 0 unspecified atom stereocenters. The van der Waals surface area contributed by atoms with Crippen molar-refractivity contribution in [2.24, 2.45) is 0 Å². The van der Waals surface area contributed by atoms with Crippen molar-refractivity contribution in [1.29, 1.82) is 0 Å². The molecule has 0 saturated carbocycles. The van der Waals surface area contributed by atoms with Gasteiger partial charge in [-0.2, -0.15) is 4.98 Å². The lowest BCUT2D eigenvalue weighted by Gasteiger charge is -2.33. The average Bonchev–Trinajstić information content (AvgIpc) is 2.87. The highest BCUT2D eigenvalue weighted by molar-refractivity contribution is 5.90. The first-order chi connectivity index (χ1) is 16.7. The van der Waals surface area contributed by atoms with E-state index in [4.69, 9.17) is 15.7 Å². The number of nitrogen functional groups attached to an aromatic ring is 1. The van der Waals surface area contributed by atoms with Gasteiger partial charge < -0.3 is 21.3 Å². The monoisotopic (exact) mass is 461 g/mol. The van der Waals surface area contributed by atoms with Crippen LogP contribution in [0.3, 0.4) is 0 Å². The Morgan fingerprint density at radius 2 is 1.74 bits per heavy atom. The van der Waals surface area contributed by atoms with Crippen molar-refractivity contribution in [2.45, 2.75) is 45.7 Å². The van der Waals surface area contributed by atoms with E-state index in [0.717, 1.165) is 87.5 Å². The molecule has 2 heterocycles. The third-order valence-electron chi connectivity index (χ3n) is 6.81. The van der Waals surface area contributed by atoms with Crippen LogP contribution < -0.4 is 16.4 Å². The van der Waals surface area contributed by atoms with Gasteiger partial charge in [-0.1, -0.05) is 44.2 Å². The van der Waals surface area contributed by atoms with Crippen molar-refractivity contribution in [2.75, 3.05) is 55.6 Å². The Labute approximate surface area is 203 Å². The number of nitrogens with zero attached hydrogens (tertiary/aromatic N) is 4. The number of fused-ring (bicyclic) bond motifs is 1. The molecule has 4 rings (SSSR count). The van der Waals surface area contributed by atoms with E-state index in [1.54, 1.807) is 0 Å². The molecule has 182 valence electrons. The molecule has 0 amide bonds. The fourth-order valence-electron chi connectivity index (χ4n) is 4.66. The Kier molecular flexibility index (Phi) is 8.55. The Hall–Kier alpha value is -2.90. The predicted molar refractivity (Wildman–Crippen MR) is 143 cm³/mol. The van der Waals surface area contributed by atoms with Gasteiger partial charge in [-0.25, -0.2) is 4.98 Å². The molecule has 7 heteroatoms. The second-order valence-corrected chi connectivity index (χ2v) is 9.11. The van der Waals surface area contributed by atoms with Crippen LogP contribution in [0.2, 0.25) is 0 Å². The number of benzene rings is 2. The van der Waals surface area contributed by atoms with Crippen LogP contribution in [0.4, 0.5) is 17.5 Å². The average molecular weight is 462 g/mol. The van der Waals surface area contributed by atoms with Crippen LogP contribution in [0.1, 0.15) is 38.7 Å². The number of likely N-dealkylation sites (tertiary alicyclic amines) is 1. The zero-order chi connectivity index (χ0) is 23.8. The van der Waals surface area contributed by atoms with E-state index in [2.05, 4.69) is 64.6 Å². The highest BCUT2D eigenvalue weighted by Gasteiger charge is 2.21. The van der Waals surface area contributed by atoms with Gasteiger partial charge in [0.05, 0.1) is 5.52 Å². The van der Waals surface area contributed by atoms with Gasteiger partial charge in [0.25, 0.3) is 0 Å². The quantitative estimate of drug-likeness (QED) is 0.288. The van der Waals surface area contributed by atoms with Crippen LogP contribution >= 0.6 is 0 Å². The molecule has 1 saturated heterocycles. The second-order valence-electron chi connectivity index (χ2n) is 9.11. The van der Waals surface area contributed by atoms with Crippen molar-refractivity contribution >= 4 is 28.4 Å². The maximum atomic E-state index is 6.15. The molecule has 2 aromatic carbocycles. The summed E-state index contributed by atoms with van der Waals surface area (Å²) < 4.78 is 0. The fraction of sp³-hybridized carbons (Fsp3) is 0.481. The summed E-state index contributed by atoms with van der Waals surface area (Å²) in [4.78, 5) is 14.6. The summed E-state index contributed by atoms with van der Waals surface area (Å²) in [6.07, 6.45) is 3.24. The van der Waals surface area contributed by atoms with Crippen molar-refractivity contribution in [1.82, 2.24) is 19.8 Å². The Balaban J connectivity index is 1.36. The van der Waals surface area contributed by atoms with Gasteiger partial charge in [0, 0.05) is 43.3 Å². The summed E-state index contributed by atoms with van der Waals surface area (Å²) in [6.45, 7) is 11.6. The number of hydrogen-bond acceptors (Lipinski definition) is 7. The van der Waals surface area contributed by atoms with Crippen molar-refractivity contribution in [3.05, 3.63) is 54.1 Å². The zero-order valence-corrected chi connectivity index (χ0v) is 20.6. The van der Waals surface area contributed by atoms with Gasteiger partial charge in [0.15, 0.2) is 0 Å². The van der Waals surface area contributed by atoms with E-state index < -0.39 is 0 Å². The summed E-state index contributed by atoms with van der Waals surface area (Å²) in [5.41, 5.74) is 9.22. The molecule has 34 heavy (non-hydrogen) atoms. The maximum absolute atomic E-state index is 6.15. The maximum Gasteiger partial charge on any atom is 0.225 e. The summed E-state index contributed by atoms with van der Waals surface area (Å²) in [6, 6.07) is 16.8. The molecule has 4 N–H and O–H groups in total. The van der Waals surface area contributed by atoms with Crippen LogP contribution in [0.5, 0.6) is 0 Å². The minimum Gasteiger partial charge on any atom is -0.398 e. The predicted octanol–water partition coefficient (Wildman–Crippen LogP) is 4.43. The van der Waals surface area contributed by atoms with Gasteiger partial charge in [-0.05, 0) is 62.7 Å². The number of anilines is 3. The van der Waals surface area contributed by atoms with Crippen LogP contribution in [0.25, 0.3) is 10.9 Å². The van der Waals surface area contributed by atoms with Gasteiger partial charge in [-0.15, -0.1) is 0 Å². The number of rotatable bonds is 11. The van der Waals surface area contributed by atoms with E-state index in [0.29, 0.717) is 12.0 Å². The number of nitrogens with one attached hydrogen (secondary N) is 2. The summed E-state index contributed by atoms with van der Waals surface area (Å²) in [5.74, 6) is 1.64. The molecule has 1 fully saturated rings. The van der Waals surface area contributed by atoms with Gasteiger partial charge in [-0.3, -0.25) is 4.90 Å². The molecule has 0 radical (unpaired) electrons. The van der Waals surface area contributed by atoms with E-state index in [-0.39, 0.29) is 0 Å². The van der Waals surface area contributed by atoms with Crippen LogP contribution in [-0.4, -0.2) is 65.1 Å². The Morgan fingerprint density at radius 3 is 2.50 bits per heavy atom. The SMILES string of the molecule is CCN(CC)CCCNc1nc(NC2CCN(Cc3ccccc3N)CC2)c2ccccc2n1. The molecule has 1 aliphatic rings. The third kappa shape index (κ3) is 6.36. The summed E-state index contributed by atoms with van der Waals surface area (Å²) in [5, 5.41) is 8.26. The van der Waals surface area contributed by atoms with E-state index in [9.17, 15) is 0 Å². The molecule has 0 atom stereocenters. The first-order valence-corrected chi connectivity index (χ1v) is 12.7. The van der Waals surface area contributed by atoms with Crippen LogP contribution in [0.15, 0.2) is 48.5 Å². The lowest BCUT2D eigenvalue weighted by Crippen LogP contribution is -2.39. The van der Waals surface area contributed by atoms with E-state index >= 15 is 0 Å². The van der Waals surface area contributed by atoms with E-state index in [1.165, 1.54) is 5.56 Å². The molecule has 1 aliphatic heterocycles. The van der Waals surface area contributed by atoms with Crippen molar-refractivity contribution in [3.8, 4) is 0 Å². The molecule has 0 bridgehead atoms. The minimum absolute atomic E-state index is 0.401. The molecule has 0 spiro atoms. The first kappa shape index (κ1) is 24.2. The van der Waals surface area contributed by atoms with Crippen molar-refractivity contribution < 1.29 is 0 Å². The van der Waals surface area contributed by atoms with Crippen molar-refractivity contribution in [3.63, 3.8) is 0 Å². The third-order valence-corrected chi connectivity index (χ3v) is 6.81. The number of aromatic nitrogens is 2. The normalized spacial score (nSPS) is 15.1. The Morgan fingerprint density at radius 1 is 1.00 bits per heavy atom. The highest BCUT2D eigenvalue weighted by atomic mass is 15.2. The Bertz CT molecular complexity index is 1040. The number of hydrogen-bond donors (Lipinski definition) is 3. The van der Waals surface area contributed by atoms with Crippen LogP contribution in [-0.2, 0) is 6.54 Å². The fourth-order valence-corrected chi connectivity index (χ4v) is 4.66. The lowest BCUT2D eigenvalue weighted by molar-refractivity contribution is 0.211. The molecular formula is C27H39N7. The minimum atomic E-state index is 0.401. The number of nitrogens with two attached hydrogens (primary N) is 1.